The SMILES string of the molecule is CSC1CCC(OC(N)=O)(C(C)(C)C)CC1. The first-order valence-electron chi connectivity index (χ1n) is 5.82. The molecule has 94 valence electrons. The van der Waals surface area contributed by atoms with Crippen molar-refractivity contribution in [2.24, 2.45) is 11.1 Å². The van der Waals surface area contributed by atoms with Gasteiger partial charge in [0.05, 0.1) is 0 Å². The summed E-state index contributed by atoms with van der Waals surface area (Å²) in [5, 5.41) is 0.701. The maximum atomic E-state index is 11.1. The van der Waals surface area contributed by atoms with E-state index in [-0.39, 0.29) is 11.0 Å². The maximum Gasteiger partial charge on any atom is 0.405 e. The zero-order valence-corrected chi connectivity index (χ0v) is 11.5. The van der Waals surface area contributed by atoms with Crippen LogP contribution in [0.2, 0.25) is 0 Å². The molecule has 1 amide bonds. The number of amides is 1. The first kappa shape index (κ1) is 13.7. The Balaban J connectivity index is 2.79. The van der Waals surface area contributed by atoms with Gasteiger partial charge in [-0.15, -0.1) is 0 Å². The third-order valence-corrected chi connectivity index (χ3v) is 4.87. The number of nitrogens with two attached hydrogens (primary N) is 1. The Morgan fingerprint density at radius 3 is 2.19 bits per heavy atom. The molecule has 0 heterocycles. The Bertz CT molecular complexity index is 252. The minimum absolute atomic E-state index is 0.0502. The quantitative estimate of drug-likeness (QED) is 0.813. The van der Waals surface area contributed by atoms with Crippen molar-refractivity contribution in [2.45, 2.75) is 57.3 Å². The molecule has 0 aromatic heterocycles. The maximum absolute atomic E-state index is 11.1. The summed E-state index contributed by atoms with van der Waals surface area (Å²) in [4.78, 5) is 11.1. The molecule has 2 N–H and O–H groups in total. The number of thioether (sulfide) groups is 1. The molecule has 0 atom stereocenters. The van der Waals surface area contributed by atoms with Crippen molar-refractivity contribution in [3.05, 3.63) is 0 Å². The third-order valence-electron chi connectivity index (χ3n) is 3.74. The highest BCUT2D eigenvalue weighted by Crippen LogP contribution is 2.46. The van der Waals surface area contributed by atoms with Gasteiger partial charge in [-0.3, -0.25) is 0 Å². The van der Waals surface area contributed by atoms with Crippen molar-refractivity contribution in [2.75, 3.05) is 6.26 Å². The van der Waals surface area contributed by atoms with Gasteiger partial charge in [-0.1, -0.05) is 20.8 Å². The molecule has 0 unspecified atom stereocenters. The Labute approximate surface area is 102 Å². The van der Waals surface area contributed by atoms with Crippen molar-refractivity contribution in [3.8, 4) is 0 Å². The van der Waals surface area contributed by atoms with Gasteiger partial charge in [0.1, 0.15) is 5.60 Å². The molecule has 1 rings (SSSR count). The molecule has 0 bridgehead atoms. The van der Waals surface area contributed by atoms with Crippen LogP contribution in [-0.4, -0.2) is 23.2 Å². The van der Waals surface area contributed by atoms with Gasteiger partial charge < -0.3 is 10.5 Å². The van der Waals surface area contributed by atoms with E-state index in [1.54, 1.807) is 0 Å². The fraction of sp³-hybridized carbons (Fsp3) is 0.917. The van der Waals surface area contributed by atoms with Gasteiger partial charge >= 0.3 is 6.09 Å². The van der Waals surface area contributed by atoms with E-state index < -0.39 is 6.09 Å². The van der Waals surface area contributed by atoms with E-state index in [9.17, 15) is 4.79 Å². The minimum atomic E-state index is -0.641. The van der Waals surface area contributed by atoms with Crippen LogP contribution in [0.25, 0.3) is 0 Å². The van der Waals surface area contributed by atoms with Gasteiger partial charge in [0.25, 0.3) is 0 Å². The standard InChI is InChI=1S/C12H23NO2S/c1-11(2,3)12(15-10(13)14)7-5-9(16-4)6-8-12/h9H,5-8H2,1-4H3,(H2,13,14). The summed E-state index contributed by atoms with van der Waals surface area (Å²) in [7, 11) is 0. The van der Waals surface area contributed by atoms with Crippen LogP contribution in [0.4, 0.5) is 4.79 Å². The second-order valence-electron chi connectivity index (χ2n) is 5.60. The number of carbonyl (C=O) groups excluding carboxylic acids is 1. The number of hydrogen-bond donors (Lipinski definition) is 1. The van der Waals surface area contributed by atoms with Crippen LogP contribution in [0.5, 0.6) is 0 Å². The Kier molecular flexibility index (Phi) is 4.16. The highest BCUT2D eigenvalue weighted by atomic mass is 32.2. The van der Waals surface area contributed by atoms with E-state index in [0.29, 0.717) is 5.25 Å². The highest BCUT2D eigenvalue weighted by Gasteiger charge is 2.47. The molecule has 16 heavy (non-hydrogen) atoms. The number of carbonyl (C=O) groups is 1. The van der Waals surface area contributed by atoms with Crippen molar-refractivity contribution >= 4 is 17.9 Å². The van der Waals surface area contributed by atoms with E-state index in [2.05, 4.69) is 27.0 Å². The predicted octanol–water partition coefficient (Wildman–Crippen LogP) is 3.17. The van der Waals surface area contributed by atoms with Gasteiger partial charge in [-0.05, 0) is 31.9 Å². The molecule has 1 fully saturated rings. The molecule has 0 aliphatic heterocycles. The first-order chi connectivity index (χ1) is 7.31. The number of rotatable bonds is 2. The average molecular weight is 245 g/mol. The molecule has 0 saturated heterocycles. The predicted molar refractivity (Wildman–Crippen MR) is 68.6 cm³/mol. The number of hydrogen-bond acceptors (Lipinski definition) is 3. The second-order valence-corrected chi connectivity index (χ2v) is 6.74. The van der Waals surface area contributed by atoms with Gasteiger partial charge in [0.15, 0.2) is 0 Å². The molecule has 0 aromatic carbocycles. The van der Waals surface area contributed by atoms with Crippen LogP contribution in [0, 0.1) is 5.41 Å². The van der Waals surface area contributed by atoms with E-state index in [1.807, 2.05) is 11.8 Å². The Morgan fingerprint density at radius 2 is 1.88 bits per heavy atom. The Morgan fingerprint density at radius 1 is 1.38 bits per heavy atom. The average Bonchev–Trinajstić information content (AvgIpc) is 2.16. The summed E-state index contributed by atoms with van der Waals surface area (Å²) >= 11 is 1.90. The zero-order chi connectivity index (χ0) is 12.4. The molecular weight excluding hydrogens is 222 g/mol. The minimum Gasteiger partial charge on any atom is -0.443 e. The van der Waals surface area contributed by atoms with Crippen molar-refractivity contribution in [3.63, 3.8) is 0 Å². The molecule has 1 aliphatic carbocycles. The fourth-order valence-electron chi connectivity index (χ4n) is 2.49. The topological polar surface area (TPSA) is 52.3 Å². The van der Waals surface area contributed by atoms with Crippen LogP contribution in [0.15, 0.2) is 0 Å². The lowest BCUT2D eigenvalue weighted by molar-refractivity contribution is -0.0880. The molecule has 1 saturated carbocycles. The van der Waals surface area contributed by atoms with E-state index in [0.717, 1.165) is 25.7 Å². The summed E-state index contributed by atoms with van der Waals surface area (Å²) in [6, 6.07) is 0. The van der Waals surface area contributed by atoms with Crippen LogP contribution in [-0.2, 0) is 4.74 Å². The summed E-state index contributed by atoms with van der Waals surface area (Å²) in [5.41, 5.74) is 4.79. The molecular formula is C12H23NO2S. The zero-order valence-electron chi connectivity index (χ0n) is 10.7. The number of primary amides is 1. The third kappa shape index (κ3) is 2.84. The molecule has 0 spiro atoms. The van der Waals surface area contributed by atoms with Gasteiger partial charge in [0, 0.05) is 10.7 Å². The van der Waals surface area contributed by atoms with E-state index >= 15 is 0 Å². The van der Waals surface area contributed by atoms with Crippen molar-refractivity contribution in [1.82, 2.24) is 0 Å². The number of ether oxygens (including phenoxy) is 1. The summed E-state index contributed by atoms with van der Waals surface area (Å²) in [6.45, 7) is 6.36. The summed E-state index contributed by atoms with van der Waals surface area (Å²) in [6.07, 6.45) is 5.55. The van der Waals surface area contributed by atoms with Crippen LogP contribution in [0.3, 0.4) is 0 Å². The summed E-state index contributed by atoms with van der Waals surface area (Å²) in [5.74, 6) is 0. The van der Waals surface area contributed by atoms with E-state index in [1.165, 1.54) is 0 Å². The van der Waals surface area contributed by atoms with Crippen molar-refractivity contribution < 1.29 is 9.53 Å². The van der Waals surface area contributed by atoms with Gasteiger partial charge in [-0.2, -0.15) is 11.8 Å². The molecule has 0 radical (unpaired) electrons. The smallest absolute Gasteiger partial charge is 0.405 e. The lowest BCUT2D eigenvalue weighted by atomic mass is 9.68. The second kappa shape index (κ2) is 4.86. The van der Waals surface area contributed by atoms with E-state index in [4.69, 9.17) is 10.5 Å². The first-order valence-corrected chi connectivity index (χ1v) is 7.11. The lowest BCUT2D eigenvalue weighted by Gasteiger charge is -2.47. The van der Waals surface area contributed by atoms with Gasteiger partial charge in [-0.25, -0.2) is 4.79 Å². The fourth-order valence-corrected chi connectivity index (χ4v) is 3.20. The van der Waals surface area contributed by atoms with Gasteiger partial charge in [0.2, 0.25) is 0 Å². The molecule has 0 aromatic rings. The molecule has 4 heteroatoms. The molecule has 3 nitrogen and oxygen atoms in total. The highest BCUT2D eigenvalue weighted by molar-refractivity contribution is 7.99. The van der Waals surface area contributed by atoms with Crippen molar-refractivity contribution in [1.29, 1.82) is 0 Å². The summed E-state index contributed by atoms with van der Waals surface area (Å²) < 4.78 is 5.47. The Hall–Kier alpha value is -0.380. The largest absolute Gasteiger partial charge is 0.443 e. The lowest BCUT2D eigenvalue weighted by Crippen LogP contribution is -2.50. The molecule has 1 aliphatic rings. The van der Waals surface area contributed by atoms with Crippen LogP contribution >= 0.6 is 11.8 Å². The van der Waals surface area contributed by atoms with Crippen LogP contribution < -0.4 is 5.73 Å². The normalized spacial score (nSPS) is 31.1. The monoisotopic (exact) mass is 245 g/mol. The van der Waals surface area contributed by atoms with Crippen LogP contribution in [0.1, 0.15) is 46.5 Å².